The van der Waals surface area contributed by atoms with Gasteiger partial charge in [0.1, 0.15) is 0 Å². The average Bonchev–Trinajstić information content (AvgIpc) is 2.10. The summed E-state index contributed by atoms with van der Waals surface area (Å²) >= 11 is 4.06. The first-order valence-electron chi connectivity index (χ1n) is 4.61. The van der Waals surface area contributed by atoms with Crippen molar-refractivity contribution in [2.75, 3.05) is 32.9 Å². The van der Waals surface area contributed by atoms with Crippen molar-refractivity contribution in [1.82, 2.24) is 10.2 Å². The Balaban J connectivity index is 3.37. The van der Waals surface area contributed by atoms with Crippen LogP contribution in [0.15, 0.2) is 0 Å². The maximum Gasteiger partial charge on any atom is 0.223 e. The average molecular weight is 204 g/mol. The van der Waals surface area contributed by atoms with E-state index in [0.717, 1.165) is 19.5 Å². The van der Waals surface area contributed by atoms with Crippen molar-refractivity contribution in [1.29, 1.82) is 0 Å². The second kappa shape index (κ2) is 7.21. The molecule has 1 atom stereocenters. The molecule has 0 heterocycles. The Morgan fingerprint density at radius 1 is 1.54 bits per heavy atom. The number of amides is 1. The second-order valence-corrected chi connectivity index (χ2v) is 3.90. The van der Waals surface area contributed by atoms with Crippen LogP contribution < -0.4 is 5.32 Å². The molecular weight excluding hydrogens is 184 g/mol. The van der Waals surface area contributed by atoms with Crippen LogP contribution in [0, 0.1) is 5.92 Å². The van der Waals surface area contributed by atoms with Crippen LogP contribution in [0.5, 0.6) is 0 Å². The first-order valence-corrected chi connectivity index (χ1v) is 5.24. The highest BCUT2D eigenvalue weighted by Gasteiger charge is 2.08. The van der Waals surface area contributed by atoms with Crippen molar-refractivity contribution in [2.24, 2.45) is 5.92 Å². The normalized spacial score (nSPS) is 13.0. The Morgan fingerprint density at radius 2 is 2.15 bits per heavy atom. The molecule has 4 heteroatoms. The van der Waals surface area contributed by atoms with E-state index in [1.807, 2.05) is 21.0 Å². The molecule has 0 bridgehead atoms. The minimum absolute atomic E-state index is 0.0164. The molecule has 0 spiro atoms. The summed E-state index contributed by atoms with van der Waals surface area (Å²) in [6, 6.07) is 0. The Kier molecular flexibility index (Phi) is 7.09. The van der Waals surface area contributed by atoms with Gasteiger partial charge in [-0.1, -0.05) is 6.92 Å². The molecule has 0 aromatic carbocycles. The molecule has 0 aliphatic heterocycles. The van der Waals surface area contributed by atoms with Crippen LogP contribution >= 0.6 is 12.6 Å². The van der Waals surface area contributed by atoms with Gasteiger partial charge in [-0.05, 0) is 27.1 Å². The smallest absolute Gasteiger partial charge is 0.223 e. The standard InChI is InChI=1S/C9H20N2OS/c1-8(7-13)9(12)10-5-4-6-11(2)3/h8,13H,4-7H2,1-3H3,(H,10,12). The van der Waals surface area contributed by atoms with Gasteiger partial charge in [-0.3, -0.25) is 4.79 Å². The molecule has 0 rings (SSSR count). The zero-order valence-corrected chi connectivity index (χ0v) is 9.60. The van der Waals surface area contributed by atoms with Crippen LogP contribution in [0.25, 0.3) is 0 Å². The van der Waals surface area contributed by atoms with E-state index in [0.29, 0.717) is 5.75 Å². The first-order chi connectivity index (χ1) is 6.07. The zero-order chi connectivity index (χ0) is 10.3. The van der Waals surface area contributed by atoms with Gasteiger partial charge in [0, 0.05) is 18.2 Å². The van der Waals surface area contributed by atoms with Crippen molar-refractivity contribution < 1.29 is 4.79 Å². The van der Waals surface area contributed by atoms with Crippen molar-refractivity contribution in [3.05, 3.63) is 0 Å². The summed E-state index contributed by atoms with van der Waals surface area (Å²) in [4.78, 5) is 13.4. The molecule has 78 valence electrons. The second-order valence-electron chi connectivity index (χ2n) is 3.53. The van der Waals surface area contributed by atoms with Gasteiger partial charge in [-0.25, -0.2) is 0 Å². The highest BCUT2D eigenvalue weighted by Crippen LogP contribution is 1.96. The van der Waals surface area contributed by atoms with Crippen LogP contribution in [-0.4, -0.2) is 43.7 Å². The van der Waals surface area contributed by atoms with Crippen LogP contribution in [0.2, 0.25) is 0 Å². The summed E-state index contributed by atoms with van der Waals surface area (Å²) in [6.45, 7) is 3.65. The molecule has 13 heavy (non-hydrogen) atoms. The highest BCUT2D eigenvalue weighted by atomic mass is 32.1. The lowest BCUT2D eigenvalue weighted by molar-refractivity contribution is -0.123. The molecule has 0 saturated carbocycles. The lowest BCUT2D eigenvalue weighted by Crippen LogP contribution is -2.32. The van der Waals surface area contributed by atoms with E-state index in [9.17, 15) is 4.79 Å². The lowest BCUT2D eigenvalue weighted by atomic mass is 10.2. The van der Waals surface area contributed by atoms with Gasteiger partial charge in [-0.15, -0.1) is 0 Å². The van der Waals surface area contributed by atoms with E-state index in [4.69, 9.17) is 0 Å². The Labute approximate surface area is 86.3 Å². The third-order valence-electron chi connectivity index (χ3n) is 1.80. The quantitative estimate of drug-likeness (QED) is 0.491. The maximum absolute atomic E-state index is 11.2. The highest BCUT2D eigenvalue weighted by molar-refractivity contribution is 7.80. The van der Waals surface area contributed by atoms with E-state index in [1.165, 1.54) is 0 Å². The SMILES string of the molecule is CC(CS)C(=O)NCCCN(C)C. The molecule has 1 N–H and O–H groups in total. The molecule has 1 unspecified atom stereocenters. The van der Waals surface area contributed by atoms with Crippen molar-refractivity contribution in [2.45, 2.75) is 13.3 Å². The molecule has 0 aliphatic carbocycles. The fraction of sp³-hybridized carbons (Fsp3) is 0.889. The van der Waals surface area contributed by atoms with Gasteiger partial charge in [0.15, 0.2) is 0 Å². The first kappa shape index (κ1) is 12.8. The van der Waals surface area contributed by atoms with Crippen LogP contribution in [0.1, 0.15) is 13.3 Å². The third-order valence-corrected chi connectivity index (χ3v) is 2.35. The maximum atomic E-state index is 11.2. The number of thiol groups is 1. The zero-order valence-electron chi connectivity index (χ0n) is 8.71. The molecule has 0 aromatic heterocycles. The Hall–Kier alpha value is -0.220. The monoisotopic (exact) mass is 204 g/mol. The van der Waals surface area contributed by atoms with Gasteiger partial charge in [0.25, 0.3) is 0 Å². The summed E-state index contributed by atoms with van der Waals surface area (Å²) in [7, 11) is 4.05. The summed E-state index contributed by atoms with van der Waals surface area (Å²) in [5.74, 6) is 0.732. The minimum atomic E-state index is 0.0164. The van der Waals surface area contributed by atoms with Gasteiger partial charge in [0.2, 0.25) is 5.91 Å². The van der Waals surface area contributed by atoms with E-state index < -0.39 is 0 Å². The van der Waals surface area contributed by atoms with Gasteiger partial charge >= 0.3 is 0 Å². The largest absolute Gasteiger partial charge is 0.356 e. The third kappa shape index (κ3) is 6.90. The van der Waals surface area contributed by atoms with E-state index >= 15 is 0 Å². The molecule has 0 aromatic rings. The fourth-order valence-electron chi connectivity index (χ4n) is 0.864. The van der Waals surface area contributed by atoms with E-state index in [2.05, 4.69) is 22.8 Å². The number of nitrogens with zero attached hydrogens (tertiary/aromatic N) is 1. The number of carbonyl (C=O) groups excluding carboxylic acids is 1. The minimum Gasteiger partial charge on any atom is -0.356 e. The Bertz CT molecular complexity index is 151. The number of nitrogens with one attached hydrogen (secondary N) is 1. The van der Waals surface area contributed by atoms with Crippen molar-refractivity contribution in [3.8, 4) is 0 Å². The molecule has 0 aliphatic rings. The topological polar surface area (TPSA) is 32.3 Å². The van der Waals surface area contributed by atoms with Gasteiger partial charge < -0.3 is 10.2 Å². The molecule has 0 fully saturated rings. The van der Waals surface area contributed by atoms with Crippen molar-refractivity contribution >= 4 is 18.5 Å². The summed E-state index contributed by atoms with van der Waals surface area (Å²) in [5.41, 5.74) is 0. The predicted molar refractivity (Wildman–Crippen MR) is 59.2 cm³/mol. The summed E-state index contributed by atoms with van der Waals surface area (Å²) in [6.07, 6.45) is 0.998. The van der Waals surface area contributed by atoms with Crippen molar-refractivity contribution in [3.63, 3.8) is 0 Å². The Morgan fingerprint density at radius 3 is 2.62 bits per heavy atom. The molecule has 1 amide bonds. The fourth-order valence-corrected chi connectivity index (χ4v) is 1.03. The lowest BCUT2D eigenvalue weighted by Gasteiger charge is -2.11. The van der Waals surface area contributed by atoms with Crippen LogP contribution in [0.4, 0.5) is 0 Å². The number of rotatable bonds is 6. The molecule has 0 radical (unpaired) electrons. The van der Waals surface area contributed by atoms with Crippen LogP contribution in [-0.2, 0) is 4.79 Å². The predicted octanol–water partition coefficient (Wildman–Crippen LogP) is 0.620. The molecule has 3 nitrogen and oxygen atoms in total. The van der Waals surface area contributed by atoms with E-state index in [-0.39, 0.29) is 11.8 Å². The molecule has 0 saturated heterocycles. The number of hydrogen-bond acceptors (Lipinski definition) is 3. The van der Waals surface area contributed by atoms with E-state index in [1.54, 1.807) is 0 Å². The van der Waals surface area contributed by atoms with Gasteiger partial charge in [-0.2, -0.15) is 12.6 Å². The molecular formula is C9H20N2OS. The number of hydrogen-bond donors (Lipinski definition) is 2. The summed E-state index contributed by atoms with van der Waals surface area (Å²) in [5, 5.41) is 2.87. The van der Waals surface area contributed by atoms with Gasteiger partial charge in [0.05, 0.1) is 0 Å². The van der Waals surface area contributed by atoms with Crippen LogP contribution in [0.3, 0.4) is 0 Å². The number of carbonyl (C=O) groups is 1. The summed E-state index contributed by atoms with van der Waals surface area (Å²) < 4.78 is 0.